The first kappa shape index (κ1) is 15.4. The molecular weight excluding hydrogens is 304 g/mol. The molecule has 0 spiro atoms. The second-order valence-corrected chi connectivity index (χ2v) is 5.49. The maximum Gasteiger partial charge on any atom is 0.343 e. The Hall–Kier alpha value is -2.50. The molecule has 6 heteroatoms. The van der Waals surface area contributed by atoms with E-state index in [4.69, 9.17) is 4.74 Å². The fraction of sp³-hybridized carbons (Fsp3) is 0.294. The van der Waals surface area contributed by atoms with Crippen LogP contribution < -0.4 is 5.43 Å². The molecule has 2 heterocycles. The summed E-state index contributed by atoms with van der Waals surface area (Å²) in [5.41, 5.74) is 0.910. The van der Waals surface area contributed by atoms with Gasteiger partial charge in [0.1, 0.15) is 5.56 Å². The average molecular weight is 319 g/mol. The topological polar surface area (TPSA) is 48.3 Å². The zero-order valence-electron chi connectivity index (χ0n) is 12.6. The van der Waals surface area contributed by atoms with Gasteiger partial charge in [-0.1, -0.05) is 12.2 Å². The molecule has 0 saturated carbocycles. The lowest BCUT2D eigenvalue weighted by atomic mass is 9.97. The van der Waals surface area contributed by atoms with Gasteiger partial charge in [-0.3, -0.25) is 4.79 Å². The Morgan fingerprint density at radius 1 is 1.30 bits per heavy atom. The number of halogens is 2. The normalized spacial score (nSPS) is 14.0. The number of carbonyl (C=O) groups excluding carboxylic acids is 1. The van der Waals surface area contributed by atoms with Gasteiger partial charge < -0.3 is 9.30 Å². The van der Waals surface area contributed by atoms with Crippen LogP contribution in [0.5, 0.6) is 0 Å². The van der Waals surface area contributed by atoms with Crippen LogP contribution in [0.3, 0.4) is 0 Å². The van der Waals surface area contributed by atoms with Gasteiger partial charge in [-0.25, -0.2) is 13.6 Å². The minimum atomic E-state index is -1.13. The van der Waals surface area contributed by atoms with Crippen LogP contribution in [0.15, 0.2) is 29.1 Å². The summed E-state index contributed by atoms with van der Waals surface area (Å²) in [6.45, 7) is 6.02. The van der Waals surface area contributed by atoms with E-state index in [2.05, 4.69) is 6.58 Å². The lowest BCUT2D eigenvalue weighted by Crippen LogP contribution is -2.28. The maximum atomic E-state index is 13.6. The number of carbonyl (C=O) groups is 1. The van der Waals surface area contributed by atoms with E-state index in [0.717, 1.165) is 17.7 Å². The SMILES string of the molecule is C=C1CCc2c(C(=O)OCC)c(=O)c3cc(F)c(F)cc3n2C1. The fourth-order valence-electron chi connectivity index (χ4n) is 2.94. The van der Waals surface area contributed by atoms with E-state index in [1.54, 1.807) is 11.5 Å². The highest BCUT2D eigenvalue weighted by molar-refractivity contribution is 5.95. The quantitative estimate of drug-likeness (QED) is 0.631. The van der Waals surface area contributed by atoms with Crippen molar-refractivity contribution in [2.45, 2.75) is 26.3 Å². The van der Waals surface area contributed by atoms with Gasteiger partial charge in [0.25, 0.3) is 0 Å². The van der Waals surface area contributed by atoms with Gasteiger partial charge in [-0.15, -0.1) is 0 Å². The molecule has 1 aliphatic rings. The standard InChI is InChI=1S/C17H15F2NO3/c1-3-23-17(22)15-13-5-4-9(2)8-20(13)14-7-12(19)11(18)6-10(14)16(15)21/h6-7H,2-5,8H2,1H3. The van der Waals surface area contributed by atoms with E-state index in [0.29, 0.717) is 25.1 Å². The van der Waals surface area contributed by atoms with Gasteiger partial charge in [0.05, 0.1) is 12.1 Å². The lowest BCUT2D eigenvalue weighted by Gasteiger charge is -2.25. The monoisotopic (exact) mass is 319 g/mol. The highest BCUT2D eigenvalue weighted by Gasteiger charge is 2.26. The number of allylic oxidation sites excluding steroid dienone is 1. The highest BCUT2D eigenvalue weighted by atomic mass is 19.2. The van der Waals surface area contributed by atoms with E-state index in [-0.39, 0.29) is 23.1 Å². The van der Waals surface area contributed by atoms with Crippen LogP contribution in [0.4, 0.5) is 8.78 Å². The van der Waals surface area contributed by atoms with Crippen LogP contribution in [0.2, 0.25) is 0 Å². The van der Waals surface area contributed by atoms with E-state index < -0.39 is 23.0 Å². The second-order valence-electron chi connectivity index (χ2n) is 5.49. The van der Waals surface area contributed by atoms with Crippen molar-refractivity contribution in [2.24, 2.45) is 0 Å². The number of nitrogens with zero attached hydrogens (tertiary/aromatic N) is 1. The van der Waals surface area contributed by atoms with Gasteiger partial charge >= 0.3 is 5.97 Å². The van der Waals surface area contributed by atoms with Crippen LogP contribution in [0.1, 0.15) is 29.4 Å². The summed E-state index contributed by atoms with van der Waals surface area (Å²) in [6, 6.07) is 1.82. The molecule has 1 aromatic carbocycles. The molecule has 23 heavy (non-hydrogen) atoms. The van der Waals surface area contributed by atoms with Crippen LogP contribution in [0, 0.1) is 11.6 Å². The number of fused-ring (bicyclic) bond motifs is 3. The third-order valence-corrected chi connectivity index (χ3v) is 3.99. The first-order valence-corrected chi connectivity index (χ1v) is 7.32. The summed E-state index contributed by atoms with van der Waals surface area (Å²) in [5.74, 6) is -2.90. The van der Waals surface area contributed by atoms with Crippen molar-refractivity contribution in [3.05, 3.63) is 57.4 Å². The summed E-state index contributed by atoms with van der Waals surface area (Å²) < 4.78 is 33.8. The molecule has 0 aliphatic carbocycles. The van der Waals surface area contributed by atoms with Gasteiger partial charge in [0.15, 0.2) is 11.6 Å². The molecule has 0 saturated heterocycles. The third-order valence-electron chi connectivity index (χ3n) is 3.99. The summed E-state index contributed by atoms with van der Waals surface area (Å²) in [5, 5.41) is -0.0367. The van der Waals surface area contributed by atoms with Crippen molar-refractivity contribution in [1.82, 2.24) is 4.57 Å². The van der Waals surface area contributed by atoms with Crippen molar-refractivity contribution in [3.8, 4) is 0 Å². The highest BCUT2D eigenvalue weighted by Crippen LogP contribution is 2.26. The Morgan fingerprint density at radius 3 is 2.70 bits per heavy atom. The van der Waals surface area contributed by atoms with Crippen molar-refractivity contribution in [2.75, 3.05) is 6.61 Å². The molecule has 0 amide bonds. The van der Waals surface area contributed by atoms with Gasteiger partial charge in [0, 0.05) is 23.7 Å². The zero-order valence-corrected chi connectivity index (χ0v) is 12.6. The Kier molecular flexibility index (Phi) is 3.75. The number of benzene rings is 1. The van der Waals surface area contributed by atoms with Crippen LogP contribution in [-0.4, -0.2) is 17.1 Å². The van der Waals surface area contributed by atoms with Crippen molar-refractivity contribution < 1.29 is 18.3 Å². The third kappa shape index (κ3) is 2.44. The summed E-state index contributed by atoms with van der Waals surface area (Å²) >= 11 is 0. The predicted molar refractivity (Wildman–Crippen MR) is 81.5 cm³/mol. The predicted octanol–water partition coefficient (Wildman–Crippen LogP) is 2.96. The molecule has 0 N–H and O–H groups in total. The van der Waals surface area contributed by atoms with Gasteiger partial charge in [-0.05, 0) is 25.8 Å². The number of pyridine rings is 1. The molecule has 2 aromatic rings. The number of hydrogen-bond donors (Lipinski definition) is 0. The number of ether oxygens (including phenoxy) is 1. The molecule has 0 unspecified atom stereocenters. The molecule has 4 nitrogen and oxygen atoms in total. The van der Waals surface area contributed by atoms with Gasteiger partial charge in [-0.2, -0.15) is 0 Å². The zero-order chi connectivity index (χ0) is 16.7. The molecule has 0 bridgehead atoms. The largest absolute Gasteiger partial charge is 0.462 e. The van der Waals surface area contributed by atoms with Gasteiger partial charge in [0.2, 0.25) is 5.43 Å². The Labute approximate surface area is 131 Å². The molecule has 1 aliphatic heterocycles. The number of aromatic nitrogens is 1. The Balaban J connectivity index is 2.42. The lowest BCUT2D eigenvalue weighted by molar-refractivity contribution is 0.0522. The molecular formula is C17H15F2NO3. The van der Waals surface area contributed by atoms with Crippen LogP contribution in [-0.2, 0) is 17.7 Å². The van der Waals surface area contributed by atoms with E-state index in [9.17, 15) is 18.4 Å². The number of hydrogen-bond acceptors (Lipinski definition) is 3. The van der Waals surface area contributed by atoms with Crippen molar-refractivity contribution in [3.63, 3.8) is 0 Å². The number of rotatable bonds is 2. The first-order chi connectivity index (χ1) is 10.9. The summed E-state index contributed by atoms with van der Waals surface area (Å²) in [4.78, 5) is 24.8. The van der Waals surface area contributed by atoms with Crippen molar-refractivity contribution >= 4 is 16.9 Å². The molecule has 3 rings (SSSR count). The fourth-order valence-corrected chi connectivity index (χ4v) is 2.94. The molecule has 0 fully saturated rings. The Bertz CT molecular complexity index is 899. The average Bonchev–Trinajstić information content (AvgIpc) is 2.50. The number of esters is 1. The molecule has 0 atom stereocenters. The van der Waals surface area contributed by atoms with E-state index >= 15 is 0 Å². The van der Waals surface area contributed by atoms with E-state index in [1.165, 1.54) is 0 Å². The molecule has 0 radical (unpaired) electrons. The summed E-state index contributed by atoms with van der Waals surface area (Å²) in [6.07, 6.45) is 1.05. The second kappa shape index (κ2) is 5.61. The molecule has 1 aromatic heterocycles. The minimum Gasteiger partial charge on any atom is -0.462 e. The summed E-state index contributed by atoms with van der Waals surface area (Å²) in [7, 11) is 0. The first-order valence-electron chi connectivity index (χ1n) is 7.32. The van der Waals surface area contributed by atoms with Crippen LogP contribution >= 0.6 is 0 Å². The van der Waals surface area contributed by atoms with Crippen LogP contribution in [0.25, 0.3) is 10.9 Å². The minimum absolute atomic E-state index is 0.0367. The maximum absolute atomic E-state index is 13.6. The van der Waals surface area contributed by atoms with Crippen molar-refractivity contribution in [1.29, 1.82) is 0 Å². The molecule has 120 valence electrons. The Morgan fingerprint density at radius 2 is 2.00 bits per heavy atom. The smallest absolute Gasteiger partial charge is 0.343 e. The van der Waals surface area contributed by atoms with E-state index in [1.807, 2.05) is 0 Å².